The van der Waals surface area contributed by atoms with Gasteiger partial charge in [0.05, 0.1) is 24.1 Å². The monoisotopic (exact) mass is 704 g/mol. The molecule has 1 aromatic rings. The van der Waals surface area contributed by atoms with Crippen molar-refractivity contribution in [2.24, 2.45) is 17.3 Å². The molecule has 5 nitrogen and oxygen atoms in total. The number of rotatable bonds is 8. The normalized spacial score (nSPS) is 28.1. The summed E-state index contributed by atoms with van der Waals surface area (Å²) in [7, 11) is -3.36. The number of benzene rings is 1. The molecule has 0 spiro atoms. The van der Waals surface area contributed by atoms with Gasteiger partial charge < -0.3 is 14.2 Å². The SMILES string of the molecule is C.C.C.C.C/C=C/C[C@]1(O)CC[C@H]2[C@@H]3CCC4=CC(=O)CCC4=C3[C@@H](c3ccc(P(=O)(OCC)OCC)cc3)C[C@@]21C.S.S.S. The zero-order valence-electron chi connectivity index (χ0n) is 24.9. The second-order valence-corrected chi connectivity index (χ2v) is 13.8. The maximum atomic E-state index is 13.4. The highest BCUT2D eigenvalue weighted by molar-refractivity contribution is 7.62. The smallest absolute Gasteiger partial charge is 0.361 e. The number of hydrogen-bond acceptors (Lipinski definition) is 5. The summed E-state index contributed by atoms with van der Waals surface area (Å²) in [5, 5.41) is 12.7. The van der Waals surface area contributed by atoms with Crippen LogP contribution in [0, 0.1) is 17.3 Å². The van der Waals surface area contributed by atoms with Gasteiger partial charge in [-0.05, 0) is 112 Å². The van der Waals surface area contributed by atoms with E-state index in [1.54, 1.807) is 0 Å². The van der Waals surface area contributed by atoms with Gasteiger partial charge in [-0.15, -0.1) is 0 Å². The standard InChI is InChI=1S/C32H43O5P.4CH4.3H2S/c1-5-8-18-32(34)19-17-29-27-15-11-23-20-24(33)12-16-26(23)30(27)28(21-31(29,32)4)22-9-13-25(14-10-22)38(35,36-6-2)37-7-3;;;;;;;/h5,8-10,13-14,20,27-29,34H,6-7,11-12,15-19,21H2,1-4H3;4*1H4;3*1H2/b8-5+;;;;;;;/t27-,28+,29-,31-,32-;;;;;;;/m0......./s1. The Bertz CT molecular complexity index is 1220. The largest absolute Gasteiger partial charge is 0.389 e. The van der Waals surface area contributed by atoms with Crippen LogP contribution in [0.25, 0.3) is 0 Å². The fourth-order valence-corrected chi connectivity index (χ4v) is 9.68. The molecule has 0 aromatic heterocycles. The van der Waals surface area contributed by atoms with Crippen molar-refractivity contribution >= 4 is 59.2 Å². The predicted octanol–water partition coefficient (Wildman–Crippen LogP) is 10.1. The lowest BCUT2D eigenvalue weighted by atomic mass is 9.51. The average Bonchev–Trinajstić information content (AvgIpc) is 3.17. The lowest BCUT2D eigenvalue weighted by molar-refractivity contribution is -0.114. The Morgan fingerprint density at radius 2 is 1.56 bits per heavy atom. The number of fused-ring (bicyclic) bond motifs is 4. The zero-order valence-corrected chi connectivity index (χ0v) is 28.8. The van der Waals surface area contributed by atoms with Gasteiger partial charge in [0.15, 0.2) is 5.78 Å². The Morgan fingerprint density at radius 1 is 0.956 bits per heavy atom. The van der Waals surface area contributed by atoms with Crippen molar-refractivity contribution in [3.63, 3.8) is 0 Å². The van der Waals surface area contributed by atoms with Crippen LogP contribution < -0.4 is 5.30 Å². The third-order valence-corrected chi connectivity index (χ3v) is 12.1. The van der Waals surface area contributed by atoms with Crippen molar-refractivity contribution in [1.82, 2.24) is 0 Å². The maximum Gasteiger partial charge on any atom is 0.361 e. The van der Waals surface area contributed by atoms with E-state index in [1.807, 2.05) is 45.1 Å². The minimum absolute atomic E-state index is 0. The molecule has 1 aromatic carbocycles. The molecule has 5 atom stereocenters. The first-order valence-corrected chi connectivity index (χ1v) is 16.0. The lowest BCUT2D eigenvalue weighted by Gasteiger charge is -2.55. The van der Waals surface area contributed by atoms with Gasteiger partial charge in [-0.1, -0.05) is 66.5 Å². The molecule has 2 saturated carbocycles. The van der Waals surface area contributed by atoms with E-state index in [0.717, 1.165) is 38.5 Å². The van der Waals surface area contributed by atoms with E-state index in [1.165, 1.54) is 22.3 Å². The fourth-order valence-electron chi connectivity index (χ4n) is 8.12. The van der Waals surface area contributed by atoms with Gasteiger partial charge in [-0.25, -0.2) is 0 Å². The number of allylic oxidation sites excluding steroid dienone is 5. The highest BCUT2D eigenvalue weighted by Gasteiger charge is 2.62. The van der Waals surface area contributed by atoms with Crippen molar-refractivity contribution in [3.8, 4) is 0 Å². The summed E-state index contributed by atoms with van der Waals surface area (Å²) < 4.78 is 24.6. The Morgan fingerprint density at radius 3 is 2.11 bits per heavy atom. The molecule has 9 heteroatoms. The van der Waals surface area contributed by atoms with E-state index in [4.69, 9.17) is 9.05 Å². The zero-order chi connectivity index (χ0) is 27.1. The first kappa shape index (κ1) is 48.7. The van der Waals surface area contributed by atoms with Crippen LogP contribution in [-0.2, 0) is 18.4 Å². The Hall–Kier alpha value is -0.730. The second-order valence-electron chi connectivity index (χ2n) is 11.8. The van der Waals surface area contributed by atoms with Crippen molar-refractivity contribution in [2.45, 2.75) is 120 Å². The molecule has 0 amide bonds. The molecule has 4 aliphatic carbocycles. The van der Waals surface area contributed by atoms with E-state index >= 15 is 0 Å². The highest BCUT2D eigenvalue weighted by Crippen LogP contribution is 2.67. The van der Waals surface area contributed by atoms with E-state index in [9.17, 15) is 14.5 Å². The summed E-state index contributed by atoms with van der Waals surface area (Å²) in [6.07, 6.45) is 12.9. The van der Waals surface area contributed by atoms with Crippen LogP contribution in [0.2, 0.25) is 0 Å². The molecule has 5 rings (SSSR count). The van der Waals surface area contributed by atoms with E-state index in [-0.39, 0.29) is 87.3 Å². The molecule has 0 bridgehead atoms. The first-order chi connectivity index (χ1) is 18.2. The maximum absolute atomic E-state index is 13.4. The van der Waals surface area contributed by atoms with Crippen LogP contribution >= 0.6 is 48.1 Å². The summed E-state index contributed by atoms with van der Waals surface area (Å²) in [6, 6.07) is 7.98. The molecular weight excluding hydrogens is 640 g/mol. The Labute approximate surface area is 297 Å². The van der Waals surface area contributed by atoms with Crippen molar-refractivity contribution in [3.05, 3.63) is 64.8 Å². The third kappa shape index (κ3) is 8.66. The topological polar surface area (TPSA) is 72.8 Å². The number of carbonyl (C=O) groups is 1. The molecule has 45 heavy (non-hydrogen) atoms. The first-order valence-electron chi connectivity index (χ1n) is 14.5. The Kier molecular flexibility index (Phi) is 20.9. The predicted molar refractivity (Wildman–Crippen MR) is 210 cm³/mol. The van der Waals surface area contributed by atoms with Crippen LogP contribution in [0.5, 0.6) is 0 Å². The van der Waals surface area contributed by atoms with E-state index < -0.39 is 13.2 Å². The second kappa shape index (κ2) is 19.3. The van der Waals surface area contributed by atoms with Crippen LogP contribution in [0.3, 0.4) is 0 Å². The molecule has 4 aliphatic rings. The van der Waals surface area contributed by atoms with Gasteiger partial charge in [0.2, 0.25) is 0 Å². The molecule has 0 heterocycles. The van der Waals surface area contributed by atoms with Gasteiger partial charge in [0.1, 0.15) is 0 Å². The van der Waals surface area contributed by atoms with Crippen molar-refractivity contribution in [2.75, 3.05) is 13.2 Å². The van der Waals surface area contributed by atoms with Crippen LogP contribution in [0.1, 0.15) is 120 Å². The van der Waals surface area contributed by atoms with Crippen molar-refractivity contribution < 1.29 is 23.5 Å². The fraction of sp³-hybridized carbons (Fsp3) is 0.639. The van der Waals surface area contributed by atoms with Gasteiger partial charge >= 0.3 is 7.60 Å². The molecule has 0 radical (unpaired) electrons. The summed E-state index contributed by atoms with van der Waals surface area (Å²) >= 11 is 0. The van der Waals surface area contributed by atoms with Gasteiger partial charge in [0.25, 0.3) is 0 Å². The van der Waals surface area contributed by atoms with Gasteiger partial charge in [0, 0.05) is 17.8 Å². The van der Waals surface area contributed by atoms with Crippen LogP contribution in [0.15, 0.2) is 59.2 Å². The third-order valence-electron chi connectivity index (χ3n) is 9.96. The summed E-state index contributed by atoms with van der Waals surface area (Å²) in [5.74, 6) is 1.24. The molecule has 0 aliphatic heterocycles. The number of carbonyl (C=O) groups excluding carboxylic acids is 1. The quantitative estimate of drug-likeness (QED) is 0.215. The number of aliphatic hydroxyl groups is 1. The van der Waals surface area contributed by atoms with Crippen LogP contribution in [-0.4, -0.2) is 29.7 Å². The molecule has 0 saturated heterocycles. The Balaban J connectivity index is -0.00000252. The number of ketones is 1. The minimum Gasteiger partial charge on any atom is -0.389 e. The lowest BCUT2D eigenvalue weighted by Crippen LogP contribution is -2.51. The summed E-state index contributed by atoms with van der Waals surface area (Å²) in [4.78, 5) is 12.3. The van der Waals surface area contributed by atoms with Gasteiger partial charge in [-0.2, -0.15) is 40.5 Å². The average molecular weight is 705 g/mol. The molecule has 262 valence electrons. The van der Waals surface area contributed by atoms with Gasteiger partial charge in [-0.3, -0.25) is 9.36 Å². The summed E-state index contributed by atoms with van der Waals surface area (Å²) in [6.45, 7) is 8.63. The number of hydrogen-bond donors (Lipinski definition) is 1. The molecule has 1 N–H and O–H groups in total. The van der Waals surface area contributed by atoms with Crippen molar-refractivity contribution in [1.29, 1.82) is 0 Å². The molecular formula is C36H65O5PS3. The molecule has 2 fully saturated rings. The summed E-state index contributed by atoms with van der Waals surface area (Å²) in [5.41, 5.74) is 4.38. The van der Waals surface area contributed by atoms with Crippen LogP contribution in [0.4, 0.5) is 0 Å². The highest BCUT2D eigenvalue weighted by atomic mass is 32.1. The van der Waals surface area contributed by atoms with E-state index in [0.29, 0.717) is 43.2 Å². The molecule has 0 unspecified atom stereocenters. The van der Waals surface area contributed by atoms with E-state index in [2.05, 4.69) is 25.1 Å². The minimum atomic E-state index is -3.36.